The summed E-state index contributed by atoms with van der Waals surface area (Å²) in [6.45, 7) is 17.4. The standard InChI is InChI=1S/C38H48O10.C14H24O3/c1-3-35(39)45-27-11-7-5-9-25-43-31-17-13-29(14-18-31)37(41)47-33-21-23-34(24-22-33)48-38(42)30-15-19-32(20-16-30)44-26-10-6-8-12-28-46-36(40)4-2;1-4-10-13(3)16-11-8-6-7-9-12-17-14(15)5-2/h3-4,13-14,17-18,21-24,30,32H,1-2,5-12,15-16,19-20,25-28H2;5,10H,2,4,6-9,11-12H2,1,3H3/b;13-10+. The molecular formula is C52H72O13. The lowest BCUT2D eigenvalue weighted by Gasteiger charge is -2.27. The summed E-state index contributed by atoms with van der Waals surface area (Å²) in [5, 5.41) is 0. The van der Waals surface area contributed by atoms with Gasteiger partial charge in [-0.2, -0.15) is 0 Å². The average molecular weight is 905 g/mol. The molecule has 0 unspecified atom stereocenters. The second kappa shape index (κ2) is 35.6. The molecule has 1 saturated carbocycles. The fourth-order valence-corrected chi connectivity index (χ4v) is 6.48. The van der Waals surface area contributed by atoms with E-state index in [0.29, 0.717) is 68.7 Å². The highest BCUT2D eigenvalue weighted by molar-refractivity contribution is 5.91. The van der Waals surface area contributed by atoms with Gasteiger partial charge in [0, 0.05) is 24.8 Å². The van der Waals surface area contributed by atoms with Gasteiger partial charge < -0.3 is 37.9 Å². The van der Waals surface area contributed by atoms with Gasteiger partial charge in [-0.1, -0.05) is 33.1 Å². The molecule has 0 amide bonds. The van der Waals surface area contributed by atoms with Gasteiger partial charge in [0.1, 0.15) is 17.2 Å². The number of ether oxygens (including phenoxy) is 8. The molecule has 0 spiro atoms. The minimum atomic E-state index is -0.506. The van der Waals surface area contributed by atoms with Crippen molar-refractivity contribution in [2.45, 2.75) is 129 Å². The van der Waals surface area contributed by atoms with Gasteiger partial charge in [0.05, 0.1) is 56.4 Å². The van der Waals surface area contributed by atoms with Gasteiger partial charge in [0.2, 0.25) is 0 Å². The topological polar surface area (TPSA) is 159 Å². The normalized spacial score (nSPS) is 14.3. The van der Waals surface area contributed by atoms with Crippen molar-refractivity contribution in [2.75, 3.05) is 39.6 Å². The van der Waals surface area contributed by atoms with E-state index in [0.717, 1.165) is 115 Å². The van der Waals surface area contributed by atoms with Crippen LogP contribution in [0.1, 0.15) is 133 Å². The van der Waals surface area contributed by atoms with Crippen LogP contribution in [-0.2, 0) is 42.9 Å². The largest absolute Gasteiger partial charge is 0.499 e. The summed E-state index contributed by atoms with van der Waals surface area (Å²) in [5.41, 5.74) is 0.384. The highest BCUT2D eigenvalue weighted by Crippen LogP contribution is 2.29. The van der Waals surface area contributed by atoms with E-state index in [1.165, 1.54) is 12.2 Å². The first-order valence-corrected chi connectivity index (χ1v) is 23.1. The van der Waals surface area contributed by atoms with Gasteiger partial charge >= 0.3 is 29.8 Å². The van der Waals surface area contributed by atoms with E-state index in [2.05, 4.69) is 32.7 Å². The summed E-state index contributed by atoms with van der Waals surface area (Å²) in [7, 11) is 0. The maximum absolute atomic E-state index is 12.7. The molecule has 13 nitrogen and oxygen atoms in total. The van der Waals surface area contributed by atoms with Gasteiger partial charge in [-0.3, -0.25) is 4.79 Å². The molecule has 0 N–H and O–H groups in total. The van der Waals surface area contributed by atoms with Crippen LogP contribution in [0.5, 0.6) is 17.2 Å². The molecule has 0 atom stereocenters. The van der Waals surface area contributed by atoms with E-state index in [4.69, 9.17) is 37.9 Å². The van der Waals surface area contributed by atoms with Crippen LogP contribution in [0.25, 0.3) is 0 Å². The molecule has 0 bridgehead atoms. The molecule has 0 aliphatic heterocycles. The molecule has 1 aliphatic rings. The fraction of sp³-hybridized carbons (Fsp3) is 0.519. The Morgan fingerprint density at radius 3 is 1.40 bits per heavy atom. The van der Waals surface area contributed by atoms with Crippen LogP contribution < -0.4 is 14.2 Å². The van der Waals surface area contributed by atoms with Crippen LogP contribution in [0.15, 0.2) is 98.3 Å². The monoisotopic (exact) mass is 904 g/mol. The summed E-state index contributed by atoms with van der Waals surface area (Å²) in [6, 6.07) is 13.2. The Kier molecular flexibility index (Phi) is 30.4. The second-order valence-electron chi connectivity index (χ2n) is 15.4. The second-order valence-corrected chi connectivity index (χ2v) is 15.4. The van der Waals surface area contributed by atoms with E-state index in [9.17, 15) is 24.0 Å². The highest BCUT2D eigenvalue weighted by Gasteiger charge is 2.28. The van der Waals surface area contributed by atoms with Gasteiger partial charge in [-0.25, -0.2) is 19.2 Å². The number of carbonyl (C=O) groups is 5. The van der Waals surface area contributed by atoms with Gasteiger partial charge in [-0.15, -0.1) is 0 Å². The van der Waals surface area contributed by atoms with Crippen molar-refractivity contribution in [3.05, 3.63) is 104 Å². The molecule has 2 aromatic carbocycles. The van der Waals surface area contributed by atoms with E-state index < -0.39 is 11.9 Å². The summed E-state index contributed by atoms with van der Waals surface area (Å²) < 4.78 is 43.1. The van der Waals surface area contributed by atoms with E-state index in [1.807, 2.05) is 6.92 Å². The Balaban J connectivity index is 0.000000720. The lowest BCUT2D eigenvalue weighted by Crippen LogP contribution is -2.29. The molecule has 1 fully saturated rings. The number of rotatable bonds is 32. The van der Waals surface area contributed by atoms with E-state index in [1.54, 1.807) is 48.5 Å². The van der Waals surface area contributed by atoms with Crippen LogP contribution in [0, 0.1) is 5.92 Å². The van der Waals surface area contributed by atoms with Crippen molar-refractivity contribution < 1.29 is 61.9 Å². The third-order valence-electron chi connectivity index (χ3n) is 10.1. The van der Waals surface area contributed by atoms with Crippen molar-refractivity contribution in [2.24, 2.45) is 5.92 Å². The lowest BCUT2D eigenvalue weighted by atomic mass is 9.87. The molecule has 65 heavy (non-hydrogen) atoms. The Bertz CT molecular complexity index is 1720. The molecule has 3 rings (SSSR count). The minimum Gasteiger partial charge on any atom is -0.499 e. The number of hydrogen-bond donors (Lipinski definition) is 0. The Morgan fingerprint density at radius 1 is 0.523 bits per heavy atom. The van der Waals surface area contributed by atoms with Crippen molar-refractivity contribution in [3.8, 4) is 17.2 Å². The van der Waals surface area contributed by atoms with Crippen LogP contribution >= 0.6 is 0 Å². The van der Waals surface area contributed by atoms with Gasteiger partial charge in [-0.05, 0) is 164 Å². The summed E-state index contributed by atoms with van der Waals surface area (Å²) in [4.78, 5) is 58.1. The zero-order valence-electron chi connectivity index (χ0n) is 38.8. The van der Waals surface area contributed by atoms with E-state index in [-0.39, 0.29) is 29.9 Å². The summed E-state index contributed by atoms with van der Waals surface area (Å²) in [6.07, 6.45) is 21.3. The molecule has 1 aliphatic carbocycles. The molecule has 0 aromatic heterocycles. The number of unbranched alkanes of at least 4 members (excludes halogenated alkanes) is 9. The minimum absolute atomic E-state index is 0.157. The number of benzene rings is 2. The van der Waals surface area contributed by atoms with Gasteiger partial charge in [0.15, 0.2) is 0 Å². The summed E-state index contributed by atoms with van der Waals surface area (Å²) in [5.74, 6) is 0.341. The zero-order valence-corrected chi connectivity index (χ0v) is 38.8. The molecule has 0 radical (unpaired) electrons. The van der Waals surface area contributed by atoms with Crippen molar-refractivity contribution in [3.63, 3.8) is 0 Å². The predicted octanol–water partition coefficient (Wildman–Crippen LogP) is 11.0. The average Bonchev–Trinajstić information content (AvgIpc) is 3.32. The lowest BCUT2D eigenvalue weighted by molar-refractivity contribution is -0.141. The first-order valence-electron chi connectivity index (χ1n) is 23.1. The number of esters is 5. The third-order valence-corrected chi connectivity index (χ3v) is 10.1. The van der Waals surface area contributed by atoms with Gasteiger partial charge in [0.25, 0.3) is 0 Å². The Labute approximate surface area is 386 Å². The predicted molar refractivity (Wildman–Crippen MR) is 250 cm³/mol. The van der Waals surface area contributed by atoms with Crippen LogP contribution in [0.4, 0.5) is 0 Å². The maximum Gasteiger partial charge on any atom is 0.343 e. The van der Waals surface area contributed by atoms with Crippen LogP contribution in [0.3, 0.4) is 0 Å². The zero-order chi connectivity index (χ0) is 47.3. The number of hydrogen-bond acceptors (Lipinski definition) is 13. The molecular weight excluding hydrogens is 833 g/mol. The van der Waals surface area contributed by atoms with Crippen molar-refractivity contribution >= 4 is 29.8 Å². The fourth-order valence-electron chi connectivity index (χ4n) is 6.48. The highest BCUT2D eigenvalue weighted by atomic mass is 16.6. The quantitative estimate of drug-likeness (QED) is 0.0171. The first kappa shape index (κ1) is 55.4. The summed E-state index contributed by atoms with van der Waals surface area (Å²) >= 11 is 0. The van der Waals surface area contributed by atoms with Crippen LogP contribution in [0.2, 0.25) is 0 Å². The number of allylic oxidation sites excluding steroid dienone is 2. The van der Waals surface area contributed by atoms with Crippen molar-refractivity contribution in [1.29, 1.82) is 0 Å². The third kappa shape index (κ3) is 27.3. The van der Waals surface area contributed by atoms with Crippen LogP contribution in [-0.4, -0.2) is 75.6 Å². The molecule has 0 heterocycles. The Hall–Kier alpha value is -5.69. The molecule has 358 valence electrons. The smallest absolute Gasteiger partial charge is 0.343 e. The first-order chi connectivity index (χ1) is 31.6. The number of carbonyl (C=O) groups excluding carboxylic acids is 5. The maximum atomic E-state index is 12.7. The molecule has 13 heteroatoms. The van der Waals surface area contributed by atoms with Crippen molar-refractivity contribution in [1.82, 2.24) is 0 Å². The Morgan fingerprint density at radius 2 is 0.938 bits per heavy atom. The SMILES string of the molecule is C=CC(=O)OCCCCCCO/C(C)=C/CC.C=CC(=O)OCCCCCCOc1ccc(C(=O)Oc2ccc(OC(=O)C3CCC(OCCCCCCOC(=O)C=C)CC3)cc2)cc1. The molecule has 0 saturated heterocycles. The molecule has 2 aromatic rings. The van der Waals surface area contributed by atoms with E-state index >= 15 is 0 Å².